The molecule has 0 atom stereocenters. The Morgan fingerprint density at radius 3 is 2.19 bits per heavy atom. The van der Waals surface area contributed by atoms with E-state index in [0.717, 1.165) is 11.4 Å². The monoisotopic (exact) mass is 352 g/mol. The van der Waals surface area contributed by atoms with E-state index in [2.05, 4.69) is 15.1 Å². The number of H-pyrrole nitrogens is 1. The Hall–Kier alpha value is -3.48. The summed E-state index contributed by atoms with van der Waals surface area (Å²) < 4.78 is 16.1. The number of nitrogens with two attached hydrogens (primary N) is 1. The van der Waals surface area contributed by atoms with Crippen molar-refractivity contribution in [1.29, 1.82) is 0 Å². The number of ether oxygens (including phenoxy) is 3. The van der Waals surface area contributed by atoms with Gasteiger partial charge >= 0.3 is 0 Å². The van der Waals surface area contributed by atoms with Gasteiger partial charge in [-0.2, -0.15) is 5.10 Å². The molecule has 0 fully saturated rings. The minimum absolute atomic E-state index is 0.502. The van der Waals surface area contributed by atoms with E-state index in [-0.39, 0.29) is 0 Å². The van der Waals surface area contributed by atoms with Crippen molar-refractivity contribution in [2.45, 2.75) is 0 Å². The highest BCUT2D eigenvalue weighted by atomic mass is 16.5. The highest BCUT2D eigenvalue weighted by Gasteiger charge is 2.19. The smallest absolute Gasteiger partial charge is 0.203 e. The first-order valence-corrected chi connectivity index (χ1v) is 7.91. The Kier molecular flexibility index (Phi) is 5.07. The Balaban J connectivity index is 2.04. The highest BCUT2D eigenvalue weighted by Crippen LogP contribution is 2.38. The summed E-state index contributed by atoms with van der Waals surface area (Å²) in [6, 6.07) is 13.4. The van der Waals surface area contributed by atoms with Crippen molar-refractivity contribution in [2.75, 3.05) is 21.3 Å². The number of benzene rings is 2. The molecule has 7 nitrogen and oxygen atoms in total. The third kappa shape index (κ3) is 3.19. The molecule has 0 aliphatic heterocycles. The second-order valence-electron chi connectivity index (χ2n) is 5.39. The molecule has 0 radical (unpaired) electrons. The van der Waals surface area contributed by atoms with Gasteiger partial charge in [0.1, 0.15) is 17.2 Å². The molecule has 0 aliphatic rings. The number of methoxy groups -OCH3 is 3. The fraction of sp³-hybridized carbons (Fsp3) is 0.158. The molecule has 7 heteroatoms. The molecule has 1 aromatic heterocycles. The maximum absolute atomic E-state index is 5.66. The van der Waals surface area contributed by atoms with E-state index < -0.39 is 0 Å². The van der Waals surface area contributed by atoms with Crippen LogP contribution in [0.4, 0.5) is 0 Å². The third-order valence-electron chi connectivity index (χ3n) is 3.93. The number of hydrazone groups is 1. The van der Waals surface area contributed by atoms with Crippen LogP contribution in [0.5, 0.6) is 17.2 Å². The van der Waals surface area contributed by atoms with E-state index in [0.29, 0.717) is 34.2 Å². The second kappa shape index (κ2) is 7.60. The van der Waals surface area contributed by atoms with Crippen LogP contribution in [0.15, 0.2) is 53.8 Å². The van der Waals surface area contributed by atoms with Crippen LogP contribution in [0.1, 0.15) is 11.3 Å². The minimum atomic E-state index is 0.502. The van der Waals surface area contributed by atoms with E-state index in [1.807, 2.05) is 30.3 Å². The SMILES string of the molecule is COc1cc(/C(=N\N)c2c[nH]c(-c3ccccc3)n2)cc(OC)c1OC. The zero-order valence-corrected chi connectivity index (χ0v) is 14.8. The Morgan fingerprint density at radius 1 is 1.00 bits per heavy atom. The van der Waals surface area contributed by atoms with Crippen molar-refractivity contribution in [1.82, 2.24) is 9.97 Å². The second-order valence-corrected chi connectivity index (χ2v) is 5.39. The quantitative estimate of drug-likeness (QED) is 0.404. The molecule has 0 unspecified atom stereocenters. The summed E-state index contributed by atoms with van der Waals surface area (Å²) in [5.41, 5.74) is 2.79. The summed E-state index contributed by atoms with van der Waals surface area (Å²) in [4.78, 5) is 7.75. The summed E-state index contributed by atoms with van der Waals surface area (Å²) >= 11 is 0. The molecule has 0 spiro atoms. The molecular formula is C19H20N4O3. The fourth-order valence-electron chi connectivity index (χ4n) is 2.69. The lowest BCUT2D eigenvalue weighted by atomic mass is 10.1. The van der Waals surface area contributed by atoms with Crippen molar-refractivity contribution in [3.8, 4) is 28.6 Å². The molecule has 1 heterocycles. The topological polar surface area (TPSA) is 94.8 Å². The van der Waals surface area contributed by atoms with Gasteiger partial charge in [-0.25, -0.2) is 4.98 Å². The molecule has 26 heavy (non-hydrogen) atoms. The molecule has 3 aromatic rings. The van der Waals surface area contributed by atoms with Crippen LogP contribution >= 0.6 is 0 Å². The normalized spacial score (nSPS) is 11.3. The molecule has 0 aliphatic carbocycles. The van der Waals surface area contributed by atoms with Crippen LogP contribution in [0, 0.1) is 0 Å². The number of hydrogen-bond acceptors (Lipinski definition) is 6. The first-order valence-electron chi connectivity index (χ1n) is 7.91. The Bertz CT molecular complexity index is 895. The van der Waals surface area contributed by atoms with Crippen LogP contribution in [-0.2, 0) is 0 Å². The average molecular weight is 352 g/mol. The fourth-order valence-corrected chi connectivity index (χ4v) is 2.69. The summed E-state index contributed by atoms with van der Waals surface area (Å²) in [5.74, 6) is 7.92. The van der Waals surface area contributed by atoms with Crippen LogP contribution in [0.2, 0.25) is 0 Å². The highest BCUT2D eigenvalue weighted by molar-refractivity contribution is 6.12. The first-order chi connectivity index (χ1) is 12.7. The summed E-state index contributed by atoms with van der Waals surface area (Å²) in [7, 11) is 4.67. The number of aromatic nitrogens is 2. The zero-order valence-electron chi connectivity index (χ0n) is 14.8. The third-order valence-corrected chi connectivity index (χ3v) is 3.93. The Morgan fingerprint density at radius 2 is 1.65 bits per heavy atom. The molecule has 0 bridgehead atoms. The molecule has 0 saturated carbocycles. The molecular weight excluding hydrogens is 332 g/mol. The number of nitrogens with one attached hydrogen (secondary N) is 1. The predicted molar refractivity (Wildman–Crippen MR) is 99.9 cm³/mol. The van der Waals surface area contributed by atoms with E-state index in [1.165, 1.54) is 0 Å². The van der Waals surface area contributed by atoms with Crippen molar-refractivity contribution in [3.63, 3.8) is 0 Å². The Labute approximate surface area is 151 Å². The summed E-state index contributed by atoms with van der Waals surface area (Å²) in [6.45, 7) is 0. The van der Waals surface area contributed by atoms with E-state index in [1.54, 1.807) is 39.7 Å². The maximum Gasteiger partial charge on any atom is 0.203 e. The molecule has 0 amide bonds. The van der Waals surface area contributed by atoms with Gasteiger partial charge in [-0.15, -0.1) is 0 Å². The van der Waals surface area contributed by atoms with Crippen molar-refractivity contribution in [3.05, 3.63) is 59.9 Å². The molecule has 2 aromatic carbocycles. The summed E-state index contributed by atoms with van der Waals surface area (Å²) in [5, 5.41) is 3.92. The van der Waals surface area contributed by atoms with Gasteiger partial charge in [-0.3, -0.25) is 0 Å². The van der Waals surface area contributed by atoms with Crippen LogP contribution < -0.4 is 20.1 Å². The first kappa shape index (κ1) is 17.3. The maximum atomic E-state index is 5.66. The standard InChI is InChI=1S/C19H20N4O3/c1-24-15-9-13(10-16(25-2)18(15)26-3)17(23-20)14-11-21-19(22-14)12-7-5-4-6-8-12/h4-11H,20H2,1-3H3,(H,21,22)/b23-17+. The average Bonchev–Trinajstić information content (AvgIpc) is 3.18. The number of imidazole rings is 1. The number of hydrogen-bond donors (Lipinski definition) is 2. The van der Waals surface area contributed by atoms with E-state index in [4.69, 9.17) is 20.1 Å². The number of aromatic amines is 1. The lowest BCUT2D eigenvalue weighted by molar-refractivity contribution is 0.324. The molecule has 3 rings (SSSR count). The van der Waals surface area contributed by atoms with Gasteiger partial charge in [0.05, 0.1) is 21.3 Å². The van der Waals surface area contributed by atoms with Crippen molar-refractivity contribution < 1.29 is 14.2 Å². The van der Waals surface area contributed by atoms with Crippen molar-refractivity contribution in [2.24, 2.45) is 10.9 Å². The van der Waals surface area contributed by atoms with E-state index >= 15 is 0 Å². The van der Waals surface area contributed by atoms with Gasteiger partial charge in [-0.1, -0.05) is 30.3 Å². The number of rotatable bonds is 6. The van der Waals surface area contributed by atoms with Gasteiger partial charge in [0, 0.05) is 17.3 Å². The minimum Gasteiger partial charge on any atom is -0.493 e. The van der Waals surface area contributed by atoms with Crippen LogP contribution in [0.3, 0.4) is 0 Å². The predicted octanol–water partition coefficient (Wildman–Crippen LogP) is 2.81. The van der Waals surface area contributed by atoms with Gasteiger partial charge in [0.2, 0.25) is 5.75 Å². The van der Waals surface area contributed by atoms with Gasteiger partial charge in [-0.05, 0) is 12.1 Å². The lowest BCUT2D eigenvalue weighted by Gasteiger charge is -2.14. The molecule has 3 N–H and O–H groups in total. The van der Waals surface area contributed by atoms with Crippen LogP contribution in [-0.4, -0.2) is 37.0 Å². The molecule has 134 valence electrons. The van der Waals surface area contributed by atoms with Gasteiger partial charge < -0.3 is 25.0 Å². The van der Waals surface area contributed by atoms with Gasteiger partial charge in [0.15, 0.2) is 11.5 Å². The lowest BCUT2D eigenvalue weighted by Crippen LogP contribution is -2.08. The zero-order chi connectivity index (χ0) is 18.5. The van der Waals surface area contributed by atoms with E-state index in [9.17, 15) is 0 Å². The van der Waals surface area contributed by atoms with Gasteiger partial charge in [0.25, 0.3) is 0 Å². The molecule has 0 saturated heterocycles. The van der Waals surface area contributed by atoms with Crippen molar-refractivity contribution >= 4 is 5.71 Å². The van der Waals surface area contributed by atoms with Crippen LogP contribution in [0.25, 0.3) is 11.4 Å². The number of nitrogens with zero attached hydrogens (tertiary/aromatic N) is 2. The largest absolute Gasteiger partial charge is 0.493 e. The summed E-state index contributed by atoms with van der Waals surface area (Å²) in [6.07, 6.45) is 1.76.